The fraction of sp³-hybridized carbons (Fsp3) is 0.143. The van der Waals surface area contributed by atoms with Gasteiger partial charge < -0.3 is 19.4 Å². The molecular formula is C21H19N3O3. The highest BCUT2D eigenvalue weighted by Crippen LogP contribution is 2.32. The third-order valence-electron chi connectivity index (χ3n) is 4.33. The summed E-state index contributed by atoms with van der Waals surface area (Å²) in [7, 11) is 0. The number of hydrogen-bond acceptors (Lipinski definition) is 4. The van der Waals surface area contributed by atoms with Crippen molar-refractivity contribution in [1.82, 2.24) is 14.9 Å². The summed E-state index contributed by atoms with van der Waals surface area (Å²) < 4.78 is 12.6. The van der Waals surface area contributed by atoms with E-state index in [1.807, 2.05) is 60.2 Å². The fourth-order valence-electron chi connectivity index (χ4n) is 2.86. The standard InChI is InChI=1S/C21H19N3O3/c1-15-22-10-11-24(15)18-6-2-17(3-7-18)13-23-21(25)9-5-16-4-8-19-20(12-16)27-14-26-19/h2-12H,13-14H2,1H3,(H,23,25)/b9-5+. The lowest BCUT2D eigenvalue weighted by atomic mass is 10.2. The van der Waals surface area contributed by atoms with Crippen LogP contribution in [0.3, 0.4) is 0 Å². The molecule has 0 radical (unpaired) electrons. The lowest BCUT2D eigenvalue weighted by Crippen LogP contribution is -2.20. The first-order valence-electron chi connectivity index (χ1n) is 8.64. The molecule has 2 aromatic carbocycles. The van der Waals surface area contributed by atoms with E-state index in [2.05, 4.69) is 10.3 Å². The molecule has 0 spiro atoms. The van der Waals surface area contributed by atoms with Gasteiger partial charge in [-0.3, -0.25) is 4.79 Å². The molecular weight excluding hydrogens is 342 g/mol. The van der Waals surface area contributed by atoms with E-state index >= 15 is 0 Å². The summed E-state index contributed by atoms with van der Waals surface area (Å²) in [6, 6.07) is 13.6. The Morgan fingerprint density at radius 2 is 2.00 bits per heavy atom. The predicted octanol–water partition coefficient (Wildman–Crippen LogP) is 3.24. The molecule has 1 aliphatic heterocycles. The average molecular weight is 361 g/mol. The number of benzene rings is 2. The largest absolute Gasteiger partial charge is 0.454 e. The van der Waals surface area contributed by atoms with Crippen LogP contribution < -0.4 is 14.8 Å². The third kappa shape index (κ3) is 3.84. The number of hydrogen-bond donors (Lipinski definition) is 1. The molecule has 0 saturated carbocycles. The number of carbonyl (C=O) groups is 1. The predicted molar refractivity (Wildman–Crippen MR) is 102 cm³/mol. The summed E-state index contributed by atoms with van der Waals surface area (Å²) in [4.78, 5) is 16.3. The van der Waals surface area contributed by atoms with Crippen molar-refractivity contribution in [3.8, 4) is 17.2 Å². The van der Waals surface area contributed by atoms with Crippen molar-refractivity contribution in [1.29, 1.82) is 0 Å². The molecule has 6 heteroatoms. The zero-order valence-electron chi connectivity index (χ0n) is 14.9. The summed E-state index contributed by atoms with van der Waals surface area (Å²) in [5, 5.41) is 2.89. The lowest BCUT2D eigenvalue weighted by Gasteiger charge is -2.07. The van der Waals surface area contributed by atoms with Crippen LogP contribution in [0.5, 0.6) is 11.5 Å². The number of ether oxygens (including phenoxy) is 2. The van der Waals surface area contributed by atoms with E-state index in [4.69, 9.17) is 9.47 Å². The van der Waals surface area contributed by atoms with Crippen molar-refractivity contribution < 1.29 is 14.3 Å². The molecule has 0 saturated heterocycles. The van der Waals surface area contributed by atoms with Gasteiger partial charge in [0.25, 0.3) is 0 Å². The van der Waals surface area contributed by atoms with Crippen molar-refractivity contribution in [2.75, 3.05) is 6.79 Å². The Labute approximate surface area is 157 Å². The quantitative estimate of drug-likeness (QED) is 0.709. The Kier molecular flexibility index (Phi) is 4.61. The zero-order chi connectivity index (χ0) is 18.6. The van der Waals surface area contributed by atoms with Crippen molar-refractivity contribution in [2.45, 2.75) is 13.5 Å². The van der Waals surface area contributed by atoms with Crippen molar-refractivity contribution >= 4 is 12.0 Å². The van der Waals surface area contributed by atoms with Crippen LogP contribution in [0.15, 0.2) is 60.9 Å². The molecule has 1 amide bonds. The van der Waals surface area contributed by atoms with Crippen LogP contribution in [0.25, 0.3) is 11.8 Å². The third-order valence-corrected chi connectivity index (χ3v) is 4.33. The molecule has 3 aromatic rings. The van der Waals surface area contributed by atoms with Gasteiger partial charge in [-0.05, 0) is 48.4 Å². The van der Waals surface area contributed by atoms with Crippen LogP contribution in [0.1, 0.15) is 17.0 Å². The van der Waals surface area contributed by atoms with Crippen LogP contribution in [0.4, 0.5) is 0 Å². The van der Waals surface area contributed by atoms with Crippen LogP contribution in [0.2, 0.25) is 0 Å². The SMILES string of the molecule is Cc1nccn1-c1ccc(CNC(=O)/C=C/c2ccc3c(c2)OCO3)cc1. The Bertz CT molecular complexity index is 990. The number of carbonyl (C=O) groups excluding carboxylic acids is 1. The van der Waals surface area contributed by atoms with Gasteiger partial charge in [0.2, 0.25) is 12.7 Å². The Hall–Kier alpha value is -3.54. The van der Waals surface area contributed by atoms with Gasteiger partial charge in [-0.15, -0.1) is 0 Å². The fourth-order valence-corrected chi connectivity index (χ4v) is 2.86. The molecule has 6 nitrogen and oxygen atoms in total. The number of aryl methyl sites for hydroxylation is 1. The number of aromatic nitrogens is 2. The summed E-state index contributed by atoms with van der Waals surface area (Å²) in [5.74, 6) is 2.21. The summed E-state index contributed by atoms with van der Waals surface area (Å²) in [6.45, 7) is 2.66. The molecule has 1 aliphatic rings. The van der Waals surface area contributed by atoms with E-state index in [0.717, 1.165) is 28.4 Å². The number of amides is 1. The molecule has 27 heavy (non-hydrogen) atoms. The minimum atomic E-state index is -0.151. The van der Waals surface area contributed by atoms with E-state index in [1.54, 1.807) is 12.3 Å². The maximum Gasteiger partial charge on any atom is 0.244 e. The highest BCUT2D eigenvalue weighted by Gasteiger charge is 2.12. The molecule has 0 bridgehead atoms. The first-order valence-corrected chi connectivity index (χ1v) is 8.64. The summed E-state index contributed by atoms with van der Waals surface area (Å²) in [5.41, 5.74) is 2.96. The first-order chi connectivity index (χ1) is 13.2. The molecule has 4 rings (SSSR count). The van der Waals surface area contributed by atoms with E-state index < -0.39 is 0 Å². The number of rotatable bonds is 5. The maximum absolute atomic E-state index is 12.1. The monoisotopic (exact) mass is 361 g/mol. The van der Waals surface area contributed by atoms with E-state index in [0.29, 0.717) is 12.3 Å². The Morgan fingerprint density at radius 1 is 1.19 bits per heavy atom. The number of nitrogens with one attached hydrogen (secondary N) is 1. The van der Waals surface area contributed by atoms with Gasteiger partial charge in [0.15, 0.2) is 11.5 Å². The van der Waals surface area contributed by atoms with Gasteiger partial charge in [0, 0.05) is 30.7 Å². The molecule has 136 valence electrons. The van der Waals surface area contributed by atoms with Gasteiger partial charge >= 0.3 is 0 Å². The van der Waals surface area contributed by atoms with Crippen LogP contribution >= 0.6 is 0 Å². The minimum absolute atomic E-state index is 0.151. The van der Waals surface area contributed by atoms with Crippen molar-refractivity contribution in [3.05, 3.63) is 77.9 Å². The van der Waals surface area contributed by atoms with Gasteiger partial charge in [0.1, 0.15) is 5.82 Å². The first kappa shape index (κ1) is 16.9. The number of imidazole rings is 1. The number of nitrogens with zero attached hydrogens (tertiary/aromatic N) is 2. The maximum atomic E-state index is 12.1. The highest BCUT2D eigenvalue weighted by molar-refractivity contribution is 5.91. The molecule has 1 aromatic heterocycles. The molecule has 2 heterocycles. The van der Waals surface area contributed by atoms with E-state index in [9.17, 15) is 4.79 Å². The second-order valence-electron chi connectivity index (χ2n) is 6.17. The van der Waals surface area contributed by atoms with Crippen molar-refractivity contribution in [3.63, 3.8) is 0 Å². The van der Waals surface area contributed by atoms with Crippen LogP contribution in [-0.4, -0.2) is 22.3 Å². The molecule has 1 N–H and O–H groups in total. The average Bonchev–Trinajstić information content (AvgIpc) is 3.33. The molecule has 0 aliphatic carbocycles. The second-order valence-corrected chi connectivity index (χ2v) is 6.17. The topological polar surface area (TPSA) is 65.4 Å². The number of fused-ring (bicyclic) bond motifs is 1. The van der Waals surface area contributed by atoms with Crippen LogP contribution in [-0.2, 0) is 11.3 Å². The van der Waals surface area contributed by atoms with Gasteiger partial charge in [-0.2, -0.15) is 0 Å². The van der Waals surface area contributed by atoms with Crippen molar-refractivity contribution in [2.24, 2.45) is 0 Å². The lowest BCUT2D eigenvalue weighted by molar-refractivity contribution is -0.116. The summed E-state index contributed by atoms with van der Waals surface area (Å²) >= 11 is 0. The summed E-state index contributed by atoms with van der Waals surface area (Å²) in [6.07, 6.45) is 6.96. The highest BCUT2D eigenvalue weighted by atomic mass is 16.7. The zero-order valence-corrected chi connectivity index (χ0v) is 14.9. The van der Waals surface area contributed by atoms with Gasteiger partial charge in [-0.25, -0.2) is 4.98 Å². The Balaban J connectivity index is 1.33. The Morgan fingerprint density at radius 3 is 2.78 bits per heavy atom. The van der Waals surface area contributed by atoms with E-state index in [1.165, 1.54) is 6.08 Å². The van der Waals surface area contributed by atoms with Gasteiger partial charge in [-0.1, -0.05) is 18.2 Å². The van der Waals surface area contributed by atoms with Crippen LogP contribution in [0, 0.1) is 6.92 Å². The second kappa shape index (κ2) is 7.37. The van der Waals surface area contributed by atoms with Gasteiger partial charge in [0.05, 0.1) is 0 Å². The smallest absolute Gasteiger partial charge is 0.244 e. The molecule has 0 unspecified atom stereocenters. The minimum Gasteiger partial charge on any atom is -0.454 e. The normalized spacial score (nSPS) is 12.5. The molecule has 0 fully saturated rings. The van der Waals surface area contributed by atoms with E-state index in [-0.39, 0.29) is 12.7 Å². The molecule has 0 atom stereocenters.